The van der Waals surface area contributed by atoms with Gasteiger partial charge < -0.3 is 10.1 Å². The summed E-state index contributed by atoms with van der Waals surface area (Å²) in [4.78, 5) is 14.5. The third-order valence-corrected chi connectivity index (χ3v) is 6.25. The number of aryl methyl sites for hydroxylation is 1. The Morgan fingerprint density at radius 1 is 0.833 bits per heavy atom. The lowest BCUT2D eigenvalue weighted by Crippen LogP contribution is -2.33. The van der Waals surface area contributed by atoms with E-state index >= 15 is 0 Å². The lowest BCUT2D eigenvalue weighted by Gasteiger charge is -2.25. The van der Waals surface area contributed by atoms with Crippen LogP contribution in [0.2, 0.25) is 0 Å². The first-order valence-electron chi connectivity index (χ1n) is 11.7. The van der Waals surface area contributed by atoms with Crippen LogP contribution in [-0.2, 0) is 0 Å². The number of anilines is 1. The molecule has 0 spiro atoms. The van der Waals surface area contributed by atoms with Crippen LogP contribution < -0.4 is 10.1 Å². The van der Waals surface area contributed by atoms with Gasteiger partial charge in [0.1, 0.15) is 5.75 Å². The van der Waals surface area contributed by atoms with Gasteiger partial charge >= 0.3 is 0 Å². The smallest absolute Gasteiger partial charge is 0.174 e. The highest BCUT2D eigenvalue weighted by atomic mass is 32.1. The van der Waals surface area contributed by atoms with Gasteiger partial charge in [0, 0.05) is 16.8 Å². The normalized spacial score (nSPS) is 11.9. The molecule has 0 bridgehead atoms. The molecule has 0 aliphatic heterocycles. The summed E-state index contributed by atoms with van der Waals surface area (Å²) in [6.07, 6.45) is 0. The molecule has 0 saturated heterocycles. The van der Waals surface area contributed by atoms with Crippen LogP contribution in [0.15, 0.2) is 109 Å². The average molecular weight is 490 g/mol. The van der Waals surface area contributed by atoms with Crippen LogP contribution in [-0.4, -0.2) is 17.9 Å². The highest BCUT2D eigenvalue weighted by Gasteiger charge is 2.33. The van der Waals surface area contributed by atoms with Crippen LogP contribution in [0, 0.1) is 24.7 Å². The number of thiocarbonyl (C=S) groups is 1. The predicted molar refractivity (Wildman–Crippen MR) is 151 cm³/mol. The zero-order valence-corrected chi connectivity index (χ0v) is 21.1. The van der Waals surface area contributed by atoms with Gasteiger partial charge in [-0.2, -0.15) is 0 Å². The summed E-state index contributed by atoms with van der Waals surface area (Å²) < 4.78 is 5.28. The first-order chi connectivity index (χ1) is 17.5. The highest BCUT2D eigenvalue weighted by Crippen LogP contribution is 2.31. The molecule has 0 aliphatic carbocycles. The Bertz CT molecular complexity index is 1370. The molecule has 0 saturated carbocycles. The van der Waals surface area contributed by atoms with E-state index in [9.17, 15) is 4.79 Å². The van der Waals surface area contributed by atoms with Crippen LogP contribution >= 0.6 is 12.2 Å². The van der Waals surface area contributed by atoms with Crippen molar-refractivity contribution in [3.8, 4) is 17.6 Å². The van der Waals surface area contributed by atoms with E-state index in [1.165, 1.54) is 0 Å². The summed E-state index contributed by atoms with van der Waals surface area (Å²) in [5, 5.41) is 3.29. The Kier molecular flexibility index (Phi) is 8.28. The van der Waals surface area contributed by atoms with Gasteiger partial charge in [0.15, 0.2) is 5.78 Å². The van der Waals surface area contributed by atoms with E-state index in [0.717, 1.165) is 22.4 Å². The van der Waals surface area contributed by atoms with Gasteiger partial charge in [0.25, 0.3) is 0 Å². The average Bonchev–Trinajstić information content (AvgIpc) is 2.92. The standard InChI is InChI=1S/C32H27NO2S/c1-23-13-16-25(17-14-23)29(22-15-24-9-5-3-6-10-24)30(32(36)33-27-11-7-4-8-12-27)31(34)26-18-20-28(35-2)21-19-26/h3-14,16-21,29-30H,1-2H3,(H,33,36). The summed E-state index contributed by atoms with van der Waals surface area (Å²) in [5.41, 5.74) is 4.34. The molecule has 0 aliphatic rings. The molecule has 36 heavy (non-hydrogen) atoms. The minimum atomic E-state index is -0.701. The van der Waals surface area contributed by atoms with Crippen LogP contribution in [0.3, 0.4) is 0 Å². The molecule has 4 aromatic rings. The third kappa shape index (κ3) is 6.27. The molecule has 0 heterocycles. The molecule has 1 N–H and O–H groups in total. The molecule has 0 fully saturated rings. The first-order valence-corrected chi connectivity index (χ1v) is 12.1. The molecule has 3 nitrogen and oxygen atoms in total. The fraction of sp³-hybridized carbons (Fsp3) is 0.125. The highest BCUT2D eigenvalue weighted by molar-refractivity contribution is 7.80. The fourth-order valence-corrected chi connectivity index (χ4v) is 4.27. The topological polar surface area (TPSA) is 38.3 Å². The number of hydrogen-bond acceptors (Lipinski definition) is 3. The molecule has 4 aromatic carbocycles. The van der Waals surface area contributed by atoms with Gasteiger partial charge in [-0.3, -0.25) is 4.79 Å². The number of hydrogen-bond donors (Lipinski definition) is 1. The second-order valence-electron chi connectivity index (χ2n) is 8.45. The number of nitrogens with one attached hydrogen (secondary N) is 1. The monoisotopic (exact) mass is 489 g/mol. The minimum Gasteiger partial charge on any atom is -0.497 e. The van der Waals surface area contributed by atoms with Crippen molar-refractivity contribution in [2.24, 2.45) is 5.92 Å². The Labute approximate surface area is 218 Å². The number of ketones is 1. The maximum absolute atomic E-state index is 14.0. The van der Waals surface area contributed by atoms with Crippen molar-refractivity contribution < 1.29 is 9.53 Å². The Morgan fingerprint density at radius 2 is 1.44 bits per heavy atom. The molecule has 0 amide bonds. The molecule has 0 radical (unpaired) electrons. The van der Waals surface area contributed by atoms with Gasteiger partial charge in [-0.1, -0.05) is 90.3 Å². The molecule has 2 atom stereocenters. The summed E-state index contributed by atoms with van der Waals surface area (Å²) in [6, 6.07) is 34.7. The van der Waals surface area contributed by atoms with E-state index in [1.54, 1.807) is 31.4 Å². The van der Waals surface area contributed by atoms with E-state index in [1.807, 2.05) is 91.9 Å². The maximum atomic E-state index is 14.0. The summed E-state index contributed by atoms with van der Waals surface area (Å²) >= 11 is 5.89. The van der Waals surface area contributed by atoms with Crippen molar-refractivity contribution in [3.63, 3.8) is 0 Å². The lowest BCUT2D eigenvalue weighted by molar-refractivity contribution is 0.0949. The van der Waals surface area contributed by atoms with E-state index in [4.69, 9.17) is 17.0 Å². The van der Waals surface area contributed by atoms with Crippen LogP contribution in [0.1, 0.15) is 33.0 Å². The van der Waals surface area contributed by atoms with E-state index < -0.39 is 11.8 Å². The molecule has 178 valence electrons. The van der Waals surface area contributed by atoms with Crippen molar-refractivity contribution in [2.75, 3.05) is 12.4 Å². The zero-order valence-electron chi connectivity index (χ0n) is 20.3. The van der Waals surface area contributed by atoms with Gasteiger partial charge in [0.2, 0.25) is 0 Å². The number of ether oxygens (including phenoxy) is 1. The summed E-state index contributed by atoms with van der Waals surface area (Å²) in [6.45, 7) is 2.04. The number of para-hydroxylation sites is 1. The molecular formula is C32H27NO2S. The lowest BCUT2D eigenvalue weighted by atomic mass is 9.80. The van der Waals surface area contributed by atoms with E-state index in [2.05, 4.69) is 17.2 Å². The van der Waals surface area contributed by atoms with Crippen molar-refractivity contribution in [1.82, 2.24) is 0 Å². The van der Waals surface area contributed by atoms with Gasteiger partial charge in [-0.25, -0.2) is 0 Å². The van der Waals surface area contributed by atoms with Crippen LogP contribution in [0.4, 0.5) is 5.69 Å². The Hall–Kier alpha value is -4.20. The van der Waals surface area contributed by atoms with Gasteiger partial charge in [-0.05, 0) is 61.0 Å². The number of methoxy groups -OCH3 is 1. The summed E-state index contributed by atoms with van der Waals surface area (Å²) in [5.74, 6) is 6.09. The summed E-state index contributed by atoms with van der Waals surface area (Å²) in [7, 11) is 1.60. The minimum absolute atomic E-state index is 0.0981. The molecule has 2 unspecified atom stereocenters. The second kappa shape index (κ2) is 12.0. The largest absolute Gasteiger partial charge is 0.497 e. The quantitative estimate of drug-likeness (QED) is 0.171. The second-order valence-corrected chi connectivity index (χ2v) is 8.89. The third-order valence-electron chi connectivity index (χ3n) is 5.90. The Morgan fingerprint density at radius 3 is 2.06 bits per heavy atom. The fourth-order valence-electron chi connectivity index (χ4n) is 3.91. The Balaban J connectivity index is 1.80. The van der Waals surface area contributed by atoms with Crippen LogP contribution in [0.5, 0.6) is 5.75 Å². The molecular weight excluding hydrogens is 462 g/mol. The van der Waals surface area contributed by atoms with Gasteiger partial charge in [-0.15, -0.1) is 0 Å². The molecule has 4 heteroatoms. The van der Waals surface area contributed by atoms with Crippen molar-refractivity contribution >= 4 is 28.7 Å². The number of benzene rings is 4. The SMILES string of the molecule is COc1ccc(C(=O)C(C(=S)Nc2ccccc2)C(C#Cc2ccccc2)c2ccc(C)cc2)cc1. The number of carbonyl (C=O) groups excluding carboxylic acids is 1. The number of rotatable bonds is 7. The van der Waals surface area contributed by atoms with Gasteiger partial charge in [0.05, 0.1) is 23.9 Å². The zero-order chi connectivity index (χ0) is 25.3. The van der Waals surface area contributed by atoms with E-state index in [-0.39, 0.29) is 5.78 Å². The van der Waals surface area contributed by atoms with Crippen molar-refractivity contribution in [3.05, 3.63) is 131 Å². The number of Topliss-reactive ketones (excluding diaryl/α,β-unsaturated/α-hetero) is 1. The van der Waals surface area contributed by atoms with E-state index in [0.29, 0.717) is 16.3 Å². The maximum Gasteiger partial charge on any atom is 0.174 e. The van der Waals surface area contributed by atoms with Crippen molar-refractivity contribution in [2.45, 2.75) is 12.8 Å². The molecule has 0 aromatic heterocycles. The van der Waals surface area contributed by atoms with Crippen molar-refractivity contribution in [1.29, 1.82) is 0 Å². The predicted octanol–water partition coefficient (Wildman–Crippen LogP) is 7.08. The number of carbonyl (C=O) groups is 1. The van der Waals surface area contributed by atoms with Crippen LogP contribution in [0.25, 0.3) is 0 Å². The molecule has 4 rings (SSSR count). The first kappa shape index (κ1) is 24.9.